The van der Waals surface area contributed by atoms with Crippen molar-refractivity contribution in [2.75, 3.05) is 26.8 Å². The average Bonchev–Trinajstić information content (AvgIpc) is 3.24. The molecule has 0 aliphatic carbocycles. The Hall–Kier alpha value is -2.60. The zero-order valence-electron chi connectivity index (χ0n) is 16.6. The molecule has 1 aromatic heterocycles. The Morgan fingerprint density at radius 3 is 2.68 bits per heavy atom. The van der Waals surface area contributed by atoms with Crippen LogP contribution in [0.15, 0.2) is 41.2 Å². The van der Waals surface area contributed by atoms with Crippen LogP contribution in [0.25, 0.3) is 0 Å². The highest BCUT2D eigenvalue weighted by molar-refractivity contribution is 5.95. The highest BCUT2D eigenvalue weighted by atomic mass is 16.5. The molecule has 1 amide bonds. The van der Waals surface area contributed by atoms with Crippen LogP contribution in [0.2, 0.25) is 0 Å². The molecule has 1 N–H and O–H groups in total. The van der Waals surface area contributed by atoms with Gasteiger partial charge in [0.1, 0.15) is 5.75 Å². The number of aromatic amines is 1. The van der Waals surface area contributed by atoms with Crippen molar-refractivity contribution in [2.45, 2.75) is 38.7 Å². The van der Waals surface area contributed by atoms with E-state index in [1.54, 1.807) is 13.2 Å². The molecule has 0 radical (unpaired) electrons. The molecule has 2 aromatic rings. The third-order valence-electron chi connectivity index (χ3n) is 5.15. The van der Waals surface area contributed by atoms with Crippen molar-refractivity contribution in [3.8, 4) is 5.75 Å². The molecule has 3 rings (SSSR count). The molecule has 1 atom stereocenters. The lowest BCUT2D eigenvalue weighted by Crippen LogP contribution is -2.39. The van der Waals surface area contributed by atoms with E-state index in [9.17, 15) is 9.59 Å². The normalized spacial score (nSPS) is 16.1. The number of hydrogen-bond acceptors (Lipinski definition) is 4. The van der Waals surface area contributed by atoms with Crippen LogP contribution in [0.5, 0.6) is 5.75 Å². The van der Waals surface area contributed by atoms with Gasteiger partial charge in [-0.3, -0.25) is 9.59 Å². The van der Waals surface area contributed by atoms with Crippen LogP contribution in [0, 0.1) is 0 Å². The van der Waals surface area contributed by atoms with E-state index in [-0.39, 0.29) is 17.6 Å². The van der Waals surface area contributed by atoms with Crippen LogP contribution in [0.3, 0.4) is 0 Å². The first-order valence-electron chi connectivity index (χ1n) is 9.86. The molecule has 1 unspecified atom stereocenters. The minimum atomic E-state index is -0.183. The van der Waals surface area contributed by atoms with Gasteiger partial charge in [-0.25, -0.2) is 0 Å². The fraction of sp³-hybridized carbons (Fsp3) is 0.455. The van der Waals surface area contributed by atoms with Crippen molar-refractivity contribution in [3.05, 3.63) is 63.6 Å². The Balaban J connectivity index is 1.77. The third-order valence-corrected chi connectivity index (χ3v) is 5.15. The van der Waals surface area contributed by atoms with Gasteiger partial charge in [0.15, 0.2) is 0 Å². The maximum absolute atomic E-state index is 13.3. The Morgan fingerprint density at radius 1 is 1.25 bits per heavy atom. The van der Waals surface area contributed by atoms with Gasteiger partial charge in [-0.2, -0.15) is 0 Å². The van der Waals surface area contributed by atoms with Gasteiger partial charge in [0.05, 0.1) is 18.8 Å². The Labute approximate surface area is 165 Å². The van der Waals surface area contributed by atoms with E-state index in [0.29, 0.717) is 30.8 Å². The summed E-state index contributed by atoms with van der Waals surface area (Å²) in [5.41, 5.74) is 2.20. The van der Waals surface area contributed by atoms with E-state index in [0.717, 1.165) is 37.2 Å². The van der Waals surface area contributed by atoms with Crippen LogP contribution >= 0.6 is 0 Å². The molecule has 0 saturated carbocycles. The fourth-order valence-corrected chi connectivity index (χ4v) is 3.53. The van der Waals surface area contributed by atoms with Crippen LogP contribution in [0.4, 0.5) is 0 Å². The summed E-state index contributed by atoms with van der Waals surface area (Å²) in [6.45, 7) is 3.85. The summed E-state index contributed by atoms with van der Waals surface area (Å²) in [4.78, 5) is 29.5. The van der Waals surface area contributed by atoms with Gasteiger partial charge >= 0.3 is 0 Å². The second kappa shape index (κ2) is 9.55. The molecule has 28 heavy (non-hydrogen) atoms. The number of nitrogens with one attached hydrogen (secondary N) is 1. The minimum Gasteiger partial charge on any atom is -0.497 e. The van der Waals surface area contributed by atoms with Crippen LogP contribution in [0.1, 0.15) is 41.4 Å². The Morgan fingerprint density at radius 2 is 2.04 bits per heavy atom. The minimum absolute atomic E-state index is 0.0582. The van der Waals surface area contributed by atoms with Gasteiger partial charge in [-0.1, -0.05) is 19.1 Å². The molecule has 6 nitrogen and oxygen atoms in total. The van der Waals surface area contributed by atoms with Crippen molar-refractivity contribution in [1.82, 2.24) is 9.88 Å². The summed E-state index contributed by atoms with van der Waals surface area (Å²) >= 11 is 0. The van der Waals surface area contributed by atoms with Gasteiger partial charge in [0.2, 0.25) is 5.56 Å². The molecule has 0 spiro atoms. The van der Waals surface area contributed by atoms with Crippen LogP contribution in [-0.4, -0.2) is 48.7 Å². The number of nitrogens with zero attached hydrogens (tertiary/aromatic N) is 1. The number of amides is 1. The molecule has 150 valence electrons. The molecular formula is C22H28N2O4. The summed E-state index contributed by atoms with van der Waals surface area (Å²) < 4.78 is 11.0. The molecule has 1 saturated heterocycles. The largest absolute Gasteiger partial charge is 0.497 e. The maximum Gasteiger partial charge on any atom is 0.255 e. The summed E-state index contributed by atoms with van der Waals surface area (Å²) in [6.07, 6.45) is 3.42. The first-order chi connectivity index (χ1) is 13.6. The van der Waals surface area contributed by atoms with Gasteiger partial charge in [0.25, 0.3) is 5.91 Å². The van der Waals surface area contributed by atoms with Crippen molar-refractivity contribution >= 4 is 5.91 Å². The van der Waals surface area contributed by atoms with Gasteiger partial charge in [-0.15, -0.1) is 0 Å². The summed E-state index contributed by atoms with van der Waals surface area (Å²) in [6, 6.07) is 10.9. The van der Waals surface area contributed by atoms with Crippen molar-refractivity contribution in [1.29, 1.82) is 0 Å². The highest BCUT2D eigenvalue weighted by Crippen LogP contribution is 2.18. The summed E-state index contributed by atoms with van der Waals surface area (Å²) in [5, 5.41) is 0. The van der Waals surface area contributed by atoms with Gasteiger partial charge in [0, 0.05) is 31.5 Å². The van der Waals surface area contributed by atoms with Crippen molar-refractivity contribution < 1.29 is 14.3 Å². The standard InChI is InChI=1S/C22H28N2O4/c1-3-20-19(10-11-21(25)23-20)22(26)24(15-18-5-4-14-28-18)13-12-16-6-8-17(27-2)9-7-16/h6-11,18H,3-5,12-15H2,1-2H3,(H,23,25). The molecule has 6 heteroatoms. The van der Waals surface area contributed by atoms with Crippen molar-refractivity contribution in [2.24, 2.45) is 0 Å². The topological polar surface area (TPSA) is 71.6 Å². The second-order valence-corrected chi connectivity index (χ2v) is 7.05. The lowest BCUT2D eigenvalue weighted by Gasteiger charge is -2.26. The van der Waals surface area contributed by atoms with E-state index in [1.165, 1.54) is 6.07 Å². The van der Waals surface area contributed by atoms with Gasteiger partial charge < -0.3 is 19.4 Å². The van der Waals surface area contributed by atoms with Crippen molar-refractivity contribution in [3.63, 3.8) is 0 Å². The SMILES string of the molecule is CCc1[nH]c(=O)ccc1C(=O)N(CCc1ccc(OC)cc1)CC1CCCO1. The Bertz CT molecular complexity index is 838. The van der Waals surface area contributed by atoms with Crippen LogP contribution < -0.4 is 10.3 Å². The van der Waals surface area contributed by atoms with E-state index < -0.39 is 0 Å². The quantitative estimate of drug-likeness (QED) is 0.760. The number of benzene rings is 1. The number of pyridine rings is 1. The number of carbonyl (C=O) groups excluding carboxylic acids is 1. The third kappa shape index (κ3) is 5.01. The zero-order chi connectivity index (χ0) is 19.9. The van der Waals surface area contributed by atoms with E-state index in [4.69, 9.17) is 9.47 Å². The van der Waals surface area contributed by atoms with E-state index >= 15 is 0 Å². The molecule has 1 fully saturated rings. The number of hydrogen-bond donors (Lipinski definition) is 1. The summed E-state index contributed by atoms with van der Waals surface area (Å²) in [7, 11) is 1.65. The number of aromatic nitrogens is 1. The number of methoxy groups -OCH3 is 1. The first kappa shape index (κ1) is 20.1. The lowest BCUT2D eigenvalue weighted by molar-refractivity contribution is 0.0527. The predicted octanol–water partition coefficient (Wildman–Crippen LogP) is 2.81. The molecule has 1 aliphatic heterocycles. The van der Waals surface area contributed by atoms with Gasteiger partial charge in [-0.05, 0) is 49.4 Å². The molecule has 0 bridgehead atoms. The molecule has 2 heterocycles. The fourth-order valence-electron chi connectivity index (χ4n) is 3.53. The monoisotopic (exact) mass is 384 g/mol. The molecule has 1 aliphatic rings. The molecule has 1 aromatic carbocycles. The van der Waals surface area contributed by atoms with E-state index in [2.05, 4.69) is 4.98 Å². The number of ether oxygens (including phenoxy) is 2. The smallest absolute Gasteiger partial charge is 0.255 e. The first-order valence-corrected chi connectivity index (χ1v) is 9.86. The number of rotatable bonds is 8. The molecular weight excluding hydrogens is 356 g/mol. The highest BCUT2D eigenvalue weighted by Gasteiger charge is 2.24. The number of H-pyrrole nitrogens is 1. The second-order valence-electron chi connectivity index (χ2n) is 7.05. The Kier molecular flexibility index (Phi) is 6.87. The number of aryl methyl sites for hydroxylation is 1. The van der Waals surface area contributed by atoms with E-state index in [1.807, 2.05) is 36.1 Å². The average molecular weight is 384 g/mol. The lowest BCUT2D eigenvalue weighted by atomic mass is 10.1. The zero-order valence-corrected chi connectivity index (χ0v) is 16.6. The predicted molar refractivity (Wildman–Crippen MR) is 108 cm³/mol. The maximum atomic E-state index is 13.3. The number of carbonyl (C=O) groups is 1. The van der Waals surface area contributed by atoms with Crippen LogP contribution in [-0.2, 0) is 17.6 Å². The summed E-state index contributed by atoms with van der Waals surface area (Å²) in [5.74, 6) is 0.758.